The lowest BCUT2D eigenvalue weighted by Gasteiger charge is -2.35. The van der Waals surface area contributed by atoms with Crippen molar-refractivity contribution in [1.29, 1.82) is 0 Å². The van der Waals surface area contributed by atoms with E-state index in [0.717, 1.165) is 36.4 Å². The Kier molecular flexibility index (Phi) is 6.75. The Morgan fingerprint density at radius 2 is 1.58 bits per heavy atom. The molecule has 1 aliphatic heterocycles. The van der Waals surface area contributed by atoms with Crippen LogP contribution in [0.5, 0.6) is 0 Å². The third-order valence-electron chi connectivity index (χ3n) is 4.94. The van der Waals surface area contributed by atoms with Crippen LogP contribution in [0.25, 0.3) is 0 Å². The number of nitrogens with one attached hydrogen (secondary N) is 1. The maximum atomic E-state index is 13.1. The number of hydrogen-bond donors (Lipinski definition) is 1. The monoisotopic (exact) mass is 368 g/mol. The maximum Gasteiger partial charge on any atom is 0.238 e. The third-order valence-corrected chi connectivity index (χ3v) is 6.21. The second-order valence-corrected chi connectivity index (χ2v) is 8.31. The van der Waals surface area contributed by atoms with Gasteiger partial charge in [0.15, 0.2) is 0 Å². The zero-order chi connectivity index (χ0) is 18.4. The van der Waals surface area contributed by atoms with Crippen LogP contribution in [-0.2, 0) is 4.79 Å². The van der Waals surface area contributed by atoms with Gasteiger partial charge in [-0.25, -0.2) is 0 Å². The number of amides is 1. The Labute approximate surface area is 161 Å². The van der Waals surface area contributed by atoms with Gasteiger partial charge in [0.2, 0.25) is 5.91 Å². The molecule has 2 aromatic rings. The Morgan fingerprint density at radius 3 is 2.15 bits per heavy atom. The van der Waals surface area contributed by atoms with Crippen LogP contribution in [0.1, 0.15) is 37.5 Å². The molecule has 0 radical (unpaired) electrons. The highest BCUT2D eigenvalue weighted by atomic mass is 32.2. The average Bonchev–Trinajstić information content (AvgIpc) is 2.68. The Balaban J connectivity index is 1.67. The summed E-state index contributed by atoms with van der Waals surface area (Å²) in [5.74, 6) is 0.119. The summed E-state index contributed by atoms with van der Waals surface area (Å²) in [6.45, 7) is 6.59. The van der Waals surface area contributed by atoms with Crippen LogP contribution in [0.3, 0.4) is 0 Å². The molecule has 0 aromatic heterocycles. The van der Waals surface area contributed by atoms with Crippen LogP contribution in [0.2, 0.25) is 0 Å². The van der Waals surface area contributed by atoms with E-state index in [9.17, 15) is 4.79 Å². The smallest absolute Gasteiger partial charge is 0.238 e. The second kappa shape index (κ2) is 9.24. The molecule has 138 valence electrons. The first-order chi connectivity index (χ1) is 12.6. The fraction of sp³-hybridized carbons (Fsp3) is 0.409. The summed E-state index contributed by atoms with van der Waals surface area (Å²) in [7, 11) is 0. The van der Waals surface area contributed by atoms with Gasteiger partial charge in [-0.3, -0.25) is 4.79 Å². The number of hydrogen-bond acceptors (Lipinski definition) is 3. The highest BCUT2D eigenvalue weighted by molar-refractivity contribution is 8.00. The summed E-state index contributed by atoms with van der Waals surface area (Å²) < 4.78 is 0. The zero-order valence-electron chi connectivity index (χ0n) is 15.6. The fourth-order valence-electron chi connectivity index (χ4n) is 3.37. The minimum atomic E-state index is -0.221. The Hall–Kier alpha value is -1.78. The minimum absolute atomic E-state index is 0.119. The van der Waals surface area contributed by atoms with E-state index in [4.69, 9.17) is 0 Å². The fourth-order valence-corrected chi connectivity index (χ4v) is 4.43. The van der Waals surface area contributed by atoms with Crippen LogP contribution in [0, 0.1) is 0 Å². The summed E-state index contributed by atoms with van der Waals surface area (Å²) in [4.78, 5) is 16.7. The first kappa shape index (κ1) is 19.0. The van der Waals surface area contributed by atoms with Crippen LogP contribution in [0.15, 0.2) is 65.6 Å². The summed E-state index contributed by atoms with van der Waals surface area (Å²) in [6, 6.07) is 21.1. The number of carbonyl (C=O) groups is 1. The van der Waals surface area contributed by atoms with Gasteiger partial charge >= 0.3 is 0 Å². The van der Waals surface area contributed by atoms with Gasteiger partial charge in [0.05, 0.1) is 0 Å². The topological polar surface area (TPSA) is 32.3 Å². The van der Waals surface area contributed by atoms with Crippen molar-refractivity contribution in [2.24, 2.45) is 0 Å². The molecule has 3 nitrogen and oxygen atoms in total. The van der Waals surface area contributed by atoms with E-state index in [2.05, 4.69) is 36.2 Å². The molecule has 1 fully saturated rings. The molecule has 1 heterocycles. The van der Waals surface area contributed by atoms with E-state index < -0.39 is 0 Å². The van der Waals surface area contributed by atoms with E-state index in [0.29, 0.717) is 6.04 Å². The number of nitrogens with zero attached hydrogens (tertiary/aromatic N) is 1. The standard InChI is InChI=1S/C22H28N2OS/c1-17(2)24-15-13-19(14-16-24)23-22(25)21(18-9-5-3-6-10-18)26-20-11-7-4-8-12-20/h3-12,17,19,21H,13-16H2,1-2H3,(H,23,25)/t21-/m1/s1. The largest absolute Gasteiger partial charge is 0.352 e. The van der Waals surface area contributed by atoms with E-state index in [1.807, 2.05) is 48.5 Å². The minimum Gasteiger partial charge on any atom is -0.352 e. The molecule has 26 heavy (non-hydrogen) atoms. The number of thioether (sulfide) groups is 1. The predicted octanol–water partition coefficient (Wildman–Crippen LogP) is 4.51. The average molecular weight is 369 g/mol. The highest BCUT2D eigenvalue weighted by Crippen LogP contribution is 2.35. The molecule has 3 rings (SSSR count). The van der Waals surface area contributed by atoms with Gasteiger partial charge in [0.1, 0.15) is 5.25 Å². The number of carbonyl (C=O) groups excluding carboxylic acids is 1. The molecule has 1 N–H and O–H groups in total. The quantitative estimate of drug-likeness (QED) is 0.762. The van der Waals surface area contributed by atoms with Crippen LogP contribution in [-0.4, -0.2) is 36.0 Å². The highest BCUT2D eigenvalue weighted by Gasteiger charge is 2.27. The summed E-state index contributed by atoms with van der Waals surface area (Å²) in [5.41, 5.74) is 1.05. The van der Waals surface area contributed by atoms with E-state index in [1.54, 1.807) is 11.8 Å². The molecule has 4 heteroatoms. The molecule has 2 aromatic carbocycles. The molecule has 1 saturated heterocycles. The molecule has 1 aliphatic rings. The van der Waals surface area contributed by atoms with Crippen molar-refractivity contribution in [3.63, 3.8) is 0 Å². The van der Waals surface area contributed by atoms with Crippen LogP contribution >= 0.6 is 11.8 Å². The van der Waals surface area contributed by atoms with Crippen molar-refractivity contribution in [2.45, 2.75) is 48.9 Å². The van der Waals surface area contributed by atoms with Gasteiger partial charge in [-0.1, -0.05) is 48.5 Å². The van der Waals surface area contributed by atoms with Crippen molar-refractivity contribution in [3.8, 4) is 0 Å². The van der Waals surface area contributed by atoms with Gasteiger partial charge in [-0.2, -0.15) is 0 Å². The van der Waals surface area contributed by atoms with E-state index in [-0.39, 0.29) is 17.2 Å². The lowest BCUT2D eigenvalue weighted by molar-refractivity contribution is -0.121. The molecular weight excluding hydrogens is 340 g/mol. The first-order valence-electron chi connectivity index (χ1n) is 9.44. The molecule has 0 unspecified atom stereocenters. The van der Waals surface area contributed by atoms with Crippen molar-refractivity contribution in [3.05, 3.63) is 66.2 Å². The van der Waals surface area contributed by atoms with E-state index in [1.165, 1.54) is 0 Å². The third kappa shape index (κ3) is 5.12. The normalized spacial score (nSPS) is 17.2. The van der Waals surface area contributed by atoms with E-state index >= 15 is 0 Å². The van der Waals surface area contributed by atoms with Gasteiger partial charge in [0.25, 0.3) is 0 Å². The van der Waals surface area contributed by atoms with Crippen molar-refractivity contribution < 1.29 is 4.79 Å². The lowest BCUT2D eigenvalue weighted by atomic mass is 10.0. The molecule has 0 saturated carbocycles. The van der Waals surface area contributed by atoms with Crippen LogP contribution < -0.4 is 5.32 Å². The SMILES string of the molecule is CC(C)N1CCC(NC(=O)[C@H](Sc2ccccc2)c2ccccc2)CC1. The molecule has 0 bridgehead atoms. The number of piperidine rings is 1. The summed E-state index contributed by atoms with van der Waals surface area (Å²) in [5, 5.41) is 3.09. The summed E-state index contributed by atoms with van der Waals surface area (Å²) >= 11 is 1.62. The van der Waals surface area contributed by atoms with Crippen molar-refractivity contribution in [2.75, 3.05) is 13.1 Å². The Bertz CT molecular complexity index is 682. The number of benzene rings is 2. The summed E-state index contributed by atoms with van der Waals surface area (Å²) in [6.07, 6.45) is 2.06. The molecule has 1 atom stereocenters. The lowest BCUT2D eigenvalue weighted by Crippen LogP contribution is -2.47. The number of rotatable bonds is 6. The van der Waals surface area contributed by atoms with Gasteiger partial charge in [-0.15, -0.1) is 11.8 Å². The molecular formula is C22H28N2OS. The van der Waals surface area contributed by atoms with Crippen molar-refractivity contribution in [1.82, 2.24) is 10.2 Å². The molecule has 0 aliphatic carbocycles. The predicted molar refractivity (Wildman–Crippen MR) is 109 cm³/mol. The second-order valence-electron chi connectivity index (χ2n) is 7.13. The van der Waals surface area contributed by atoms with Crippen molar-refractivity contribution >= 4 is 17.7 Å². The molecule has 0 spiro atoms. The van der Waals surface area contributed by atoms with Gasteiger partial charge in [0, 0.05) is 30.1 Å². The van der Waals surface area contributed by atoms with Gasteiger partial charge in [-0.05, 0) is 44.4 Å². The van der Waals surface area contributed by atoms with Crippen LogP contribution in [0.4, 0.5) is 0 Å². The molecule has 1 amide bonds. The Morgan fingerprint density at radius 1 is 1.00 bits per heavy atom. The van der Waals surface area contributed by atoms with Gasteiger partial charge < -0.3 is 10.2 Å². The first-order valence-corrected chi connectivity index (χ1v) is 10.3. The zero-order valence-corrected chi connectivity index (χ0v) is 16.4. The maximum absolute atomic E-state index is 13.1. The number of likely N-dealkylation sites (tertiary alicyclic amines) is 1.